The molecule has 0 aliphatic rings. The molecule has 0 atom stereocenters. The number of para-hydroxylation sites is 1. The maximum absolute atomic E-state index is 11.9. The highest BCUT2D eigenvalue weighted by Crippen LogP contribution is 2.14. The van der Waals surface area contributed by atoms with E-state index in [1.807, 2.05) is 6.92 Å². The summed E-state index contributed by atoms with van der Waals surface area (Å²) in [6.45, 7) is 6.74. The van der Waals surface area contributed by atoms with E-state index in [1.165, 1.54) is 6.07 Å². The summed E-state index contributed by atoms with van der Waals surface area (Å²) in [6, 6.07) is 6.49. The van der Waals surface area contributed by atoms with Crippen molar-refractivity contribution in [3.63, 3.8) is 0 Å². The van der Waals surface area contributed by atoms with Gasteiger partial charge in [-0.2, -0.15) is 0 Å². The van der Waals surface area contributed by atoms with Crippen LogP contribution in [0.5, 0.6) is 5.75 Å². The number of hydrogen-bond acceptors (Lipinski definition) is 3. The van der Waals surface area contributed by atoms with E-state index in [0.717, 1.165) is 31.9 Å². The van der Waals surface area contributed by atoms with Gasteiger partial charge in [0, 0.05) is 26.2 Å². The highest BCUT2D eigenvalue weighted by atomic mass is 16.3. The summed E-state index contributed by atoms with van der Waals surface area (Å²) in [7, 11) is 0. The lowest BCUT2D eigenvalue weighted by atomic mass is 10.2. The molecule has 6 heteroatoms. The molecule has 22 heavy (non-hydrogen) atoms. The number of guanidine groups is 1. The number of nitrogens with one attached hydrogen (secondary N) is 3. The molecule has 1 aromatic carbocycles. The van der Waals surface area contributed by atoms with Gasteiger partial charge in [-0.25, -0.2) is 0 Å². The van der Waals surface area contributed by atoms with Gasteiger partial charge in [0.15, 0.2) is 5.96 Å². The third-order valence-corrected chi connectivity index (χ3v) is 2.98. The Hall–Kier alpha value is -2.24. The normalized spacial score (nSPS) is 11.1. The van der Waals surface area contributed by atoms with E-state index in [-0.39, 0.29) is 17.2 Å². The molecule has 1 rings (SSSR count). The molecule has 122 valence electrons. The highest BCUT2D eigenvalue weighted by Gasteiger charge is 2.08. The van der Waals surface area contributed by atoms with E-state index >= 15 is 0 Å². The second-order valence-corrected chi connectivity index (χ2v) is 4.81. The van der Waals surface area contributed by atoms with Crippen LogP contribution in [0.15, 0.2) is 29.3 Å². The standard InChI is InChI=1S/C16H26N4O2/c1-3-5-10-19-16(17-4-2)20-12-11-18-15(22)13-8-6-7-9-14(13)21/h6-9,21H,3-5,10-12H2,1-2H3,(H,18,22)(H2,17,19,20). The van der Waals surface area contributed by atoms with Crippen LogP contribution in [0.3, 0.4) is 0 Å². The summed E-state index contributed by atoms with van der Waals surface area (Å²) >= 11 is 0. The number of unbranched alkanes of at least 4 members (excludes halogenated alkanes) is 1. The van der Waals surface area contributed by atoms with Crippen LogP contribution in [0.2, 0.25) is 0 Å². The monoisotopic (exact) mass is 306 g/mol. The Morgan fingerprint density at radius 3 is 2.55 bits per heavy atom. The van der Waals surface area contributed by atoms with Gasteiger partial charge in [-0.3, -0.25) is 9.79 Å². The average Bonchev–Trinajstić information content (AvgIpc) is 2.52. The van der Waals surface area contributed by atoms with Gasteiger partial charge in [0.2, 0.25) is 0 Å². The zero-order valence-electron chi connectivity index (χ0n) is 13.4. The highest BCUT2D eigenvalue weighted by molar-refractivity contribution is 5.96. The number of benzene rings is 1. The zero-order chi connectivity index (χ0) is 16.2. The maximum atomic E-state index is 11.9. The van der Waals surface area contributed by atoms with Crippen molar-refractivity contribution < 1.29 is 9.90 Å². The number of phenols is 1. The third kappa shape index (κ3) is 6.47. The molecule has 0 spiro atoms. The molecule has 0 bridgehead atoms. The molecule has 1 aromatic rings. The lowest BCUT2D eigenvalue weighted by Crippen LogP contribution is -2.41. The van der Waals surface area contributed by atoms with Crippen molar-refractivity contribution in [2.75, 3.05) is 26.2 Å². The van der Waals surface area contributed by atoms with Gasteiger partial charge in [-0.1, -0.05) is 25.5 Å². The second kappa shape index (κ2) is 10.5. The number of hydrogen-bond donors (Lipinski definition) is 4. The molecule has 6 nitrogen and oxygen atoms in total. The van der Waals surface area contributed by atoms with Gasteiger partial charge in [0.1, 0.15) is 5.75 Å². The summed E-state index contributed by atoms with van der Waals surface area (Å²) < 4.78 is 0. The van der Waals surface area contributed by atoms with Gasteiger partial charge >= 0.3 is 0 Å². The third-order valence-electron chi connectivity index (χ3n) is 2.98. The lowest BCUT2D eigenvalue weighted by Gasteiger charge is -2.12. The van der Waals surface area contributed by atoms with Crippen molar-refractivity contribution in [3.8, 4) is 5.75 Å². The molecule has 0 radical (unpaired) electrons. The lowest BCUT2D eigenvalue weighted by molar-refractivity contribution is 0.0951. The molecule has 0 aliphatic heterocycles. The first-order chi connectivity index (χ1) is 10.7. The molecule has 0 saturated carbocycles. The number of nitrogens with zero attached hydrogens (tertiary/aromatic N) is 1. The van der Waals surface area contributed by atoms with E-state index in [2.05, 4.69) is 27.9 Å². The molecule has 0 aliphatic carbocycles. The van der Waals surface area contributed by atoms with Gasteiger partial charge in [0.05, 0.1) is 5.56 Å². The summed E-state index contributed by atoms with van der Waals surface area (Å²) in [5.74, 6) is 0.461. The van der Waals surface area contributed by atoms with E-state index in [4.69, 9.17) is 0 Å². The Labute approximate surface area is 132 Å². The Kier molecular flexibility index (Phi) is 8.49. The molecule has 0 unspecified atom stereocenters. The van der Waals surface area contributed by atoms with E-state index in [1.54, 1.807) is 18.2 Å². The topological polar surface area (TPSA) is 85.8 Å². The van der Waals surface area contributed by atoms with E-state index in [0.29, 0.717) is 13.1 Å². The first kappa shape index (κ1) is 17.8. The Morgan fingerprint density at radius 2 is 1.86 bits per heavy atom. The molecular formula is C16H26N4O2. The Morgan fingerprint density at radius 1 is 1.14 bits per heavy atom. The average molecular weight is 306 g/mol. The number of carbonyl (C=O) groups is 1. The molecule has 4 N–H and O–H groups in total. The molecule has 0 saturated heterocycles. The molecular weight excluding hydrogens is 280 g/mol. The SMILES string of the molecule is CCCCN=C(NCC)NCCNC(=O)c1ccccc1O. The number of rotatable bonds is 8. The predicted molar refractivity (Wildman–Crippen MR) is 89.3 cm³/mol. The van der Waals surface area contributed by atoms with Crippen molar-refractivity contribution in [1.82, 2.24) is 16.0 Å². The first-order valence-corrected chi connectivity index (χ1v) is 7.77. The van der Waals surface area contributed by atoms with Crippen molar-refractivity contribution >= 4 is 11.9 Å². The van der Waals surface area contributed by atoms with Crippen molar-refractivity contribution in [3.05, 3.63) is 29.8 Å². The van der Waals surface area contributed by atoms with E-state index < -0.39 is 0 Å². The number of aromatic hydroxyl groups is 1. The Bertz CT molecular complexity index is 489. The fourth-order valence-corrected chi connectivity index (χ4v) is 1.81. The Balaban J connectivity index is 2.35. The number of amides is 1. The summed E-state index contributed by atoms with van der Waals surface area (Å²) in [5, 5.41) is 18.7. The van der Waals surface area contributed by atoms with Gasteiger partial charge in [-0.15, -0.1) is 0 Å². The van der Waals surface area contributed by atoms with Crippen LogP contribution in [0, 0.1) is 0 Å². The molecule has 0 heterocycles. The predicted octanol–water partition coefficient (Wildman–Crippen LogP) is 1.48. The van der Waals surface area contributed by atoms with Crippen molar-refractivity contribution in [1.29, 1.82) is 0 Å². The maximum Gasteiger partial charge on any atom is 0.255 e. The molecule has 0 fully saturated rings. The largest absolute Gasteiger partial charge is 0.507 e. The summed E-state index contributed by atoms with van der Waals surface area (Å²) in [4.78, 5) is 16.3. The van der Waals surface area contributed by atoms with Crippen LogP contribution in [-0.2, 0) is 0 Å². The van der Waals surface area contributed by atoms with Gasteiger partial charge < -0.3 is 21.1 Å². The molecule has 0 aromatic heterocycles. The summed E-state index contributed by atoms with van der Waals surface area (Å²) in [6.07, 6.45) is 2.17. The quantitative estimate of drug-likeness (QED) is 0.333. The van der Waals surface area contributed by atoms with Gasteiger partial charge in [0.25, 0.3) is 5.91 Å². The van der Waals surface area contributed by atoms with Crippen LogP contribution in [0.25, 0.3) is 0 Å². The zero-order valence-corrected chi connectivity index (χ0v) is 13.4. The number of carbonyl (C=O) groups excluding carboxylic acids is 1. The summed E-state index contributed by atoms with van der Waals surface area (Å²) in [5.41, 5.74) is 0.283. The van der Waals surface area contributed by atoms with Crippen molar-refractivity contribution in [2.45, 2.75) is 26.7 Å². The fraction of sp³-hybridized carbons (Fsp3) is 0.500. The minimum absolute atomic E-state index is 0.0116. The minimum Gasteiger partial charge on any atom is -0.507 e. The second-order valence-electron chi connectivity index (χ2n) is 4.81. The fourth-order valence-electron chi connectivity index (χ4n) is 1.81. The first-order valence-electron chi connectivity index (χ1n) is 7.77. The van der Waals surface area contributed by atoms with Gasteiger partial charge in [-0.05, 0) is 25.5 Å². The molecule has 1 amide bonds. The number of phenolic OH excluding ortho intramolecular Hbond substituents is 1. The van der Waals surface area contributed by atoms with Crippen LogP contribution < -0.4 is 16.0 Å². The van der Waals surface area contributed by atoms with Crippen LogP contribution in [-0.4, -0.2) is 43.2 Å². The number of aliphatic imine (C=N–C) groups is 1. The minimum atomic E-state index is -0.284. The van der Waals surface area contributed by atoms with Crippen LogP contribution >= 0.6 is 0 Å². The van der Waals surface area contributed by atoms with E-state index in [9.17, 15) is 9.90 Å². The van der Waals surface area contributed by atoms with Crippen LogP contribution in [0.4, 0.5) is 0 Å². The van der Waals surface area contributed by atoms with Crippen molar-refractivity contribution in [2.24, 2.45) is 4.99 Å². The van der Waals surface area contributed by atoms with Crippen LogP contribution in [0.1, 0.15) is 37.0 Å². The smallest absolute Gasteiger partial charge is 0.255 e.